The van der Waals surface area contributed by atoms with Gasteiger partial charge in [-0.1, -0.05) is 19.9 Å². The number of hydrogen-bond acceptors (Lipinski definition) is 3. The average Bonchev–Trinajstić information content (AvgIpc) is 2.73. The summed E-state index contributed by atoms with van der Waals surface area (Å²) in [6.45, 7) is 5.43. The fraction of sp³-hybridized carbons (Fsp3) is 0.583. The van der Waals surface area contributed by atoms with E-state index in [0.29, 0.717) is 6.04 Å². The summed E-state index contributed by atoms with van der Waals surface area (Å²) < 4.78 is 0. The van der Waals surface area contributed by atoms with Crippen molar-refractivity contribution in [2.45, 2.75) is 39.2 Å². The van der Waals surface area contributed by atoms with Gasteiger partial charge in [0.05, 0.1) is 0 Å². The molecular formula is C12H19N3. The molecule has 1 aliphatic rings. The first-order valence-electron chi connectivity index (χ1n) is 5.83. The first kappa shape index (κ1) is 10.3. The van der Waals surface area contributed by atoms with Gasteiger partial charge < -0.3 is 10.6 Å². The number of rotatable bonds is 4. The van der Waals surface area contributed by atoms with Gasteiger partial charge in [0, 0.05) is 12.6 Å². The van der Waals surface area contributed by atoms with Crippen LogP contribution in [0.25, 0.3) is 0 Å². The van der Waals surface area contributed by atoms with Crippen LogP contribution in [0.3, 0.4) is 0 Å². The molecule has 0 amide bonds. The second kappa shape index (κ2) is 4.51. The van der Waals surface area contributed by atoms with Gasteiger partial charge in [0.2, 0.25) is 0 Å². The van der Waals surface area contributed by atoms with Gasteiger partial charge in [0.25, 0.3) is 0 Å². The number of anilines is 2. The van der Waals surface area contributed by atoms with Crippen LogP contribution in [0.2, 0.25) is 0 Å². The SMILES string of the molecule is CCC(CC)Nc1ccc2c(n1)NCC2. The maximum absolute atomic E-state index is 4.57. The van der Waals surface area contributed by atoms with Crippen LogP contribution in [0.5, 0.6) is 0 Å². The second-order valence-corrected chi connectivity index (χ2v) is 4.04. The summed E-state index contributed by atoms with van der Waals surface area (Å²) in [5.74, 6) is 2.06. The highest BCUT2D eigenvalue weighted by Gasteiger charge is 2.12. The molecule has 1 aromatic rings. The van der Waals surface area contributed by atoms with Crippen molar-refractivity contribution in [2.75, 3.05) is 17.2 Å². The van der Waals surface area contributed by atoms with Crippen molar-refractivity contribution in [1.82, 2.24) is 4.98 Å². The highest BCUT2D eigenvalue weighted by atomic mass is 15.1. The zero-order valence-corrected chi connectivity index (χ0v) is 9.51. The Labute approximate surface area is 91.3 Å². The summed E-state index contributed by atoms with van der Waals surface area (Å²) in [5.41, 5.74) is 1.34. The van der Waals surface area contributed by atoms with Gasteiger partial charge in [-0.25, -0.2) is 4.98 Å². The number of nitrogens with one attached hydrogen (secondary N) is 2. The molecule has 0 radical (unpaired) electrons. The lowest BCUT2D eigenvalue weighted by molar-refractivity contribution is 0.669. The van der Waals surface area contributed by atoms with Gasteiger partial charge in [-0.3, -0.25) is 0 Å². The molecule has 2 heterocycles. The summed E-state index contributed by atoms with van der Waals surface area (Å²) in [7, 11) is 0. The fourth-order valence-corrected chi connectivity index (χ4v) is 1.94. The van der Waals surface area contributed by atoms with Crippen molar-refractivity contribution in [3.63, 3.8) is 0 Å². The summed E-state index contributed by atoms with van der Waals surface area (Å²) in [6, 6.07) is 4.80. The van der Waals surface area contributed by atoms with Gasteiger partial charge in [0.1, 0.15) is 11.6 Å². The Hall–Kier alpha value is -1.25. The number of hydrogen-bond donors (Lipinski definition) is 2. The minimum Gasteiger partial charge on any atom is -0.369 e. The van der Waals surface area contributed by atoms with Gasteiger partial charge in [-0.05, 0) is 30.9 Å². The Balaban J connectivity index is 2.09. The lowest BCUT2D eigenvalue weighted by atomic mass is 10.1. The highest BCUT2D eigenvalue weighted by molar-refractivity contribution is 5.54. The van der Waals surface area contributed by atoms with Crippen molar-refractivity contribution in [3.05, 3.63) is 17.7 Å². The molecule has 2 rings (SSSR count). The van der Waals surface area contributed by atoms with E-state index < -0.39 is 0 Å². The molecule has 0 spiro atoms. The molecule has 1 aliphatic heterocycles. The molecule has 0 bridgehead atoms. The van der Waals surface area contributed by atoms with Crippen LogP contribution in [-0.2, 0) is 6.42 Å². The van der Waals surface area contributed by atoms with E-state index >= 15 is 0 Å². The van der Waals surface area contributed by atoms with Crippen LogP contribution in [-0.4, -0.2) is 17.6 Å². The third-order valence-electron chi connectivity index (χ3n) is 3.00. The van der Waals surface area contributed by atoms with E-state index in [0.717, 1.165) is 37.4 Å². The smallest absolute Gasteiger partial charge is 0.131 e. The molecule has 0 saturated carbocycles. The van der Waals surface area contributed by atoms with Crippen LogP contribution in [0.4, 0.5) is 11.6 Å². The summed E-state index contributed by atoms with van der Waals surface area (Å²) in [4.78, 5) is 4.57. The number of aromatic nitrogens is 1. The molecular weight excluding hydrogens is 186 g/mol. The maximum atomic E-state index is 4.57. The van der Waals surface area contributed by atoms with Crippen LogP contribution in [0, 0.1) is 0 Å². The standard InChI is InChI=1S/C12H19N3/c1-3-10(4-2)14-11-6-5-9-7-8-13-12(9)15-11/h5-6,10H,3-4,7-8H2,1-2H3,(H2,13,14,15). The molecule has 1 aromatic heterocycles. The van der Waals surface area contributed by atoms with Crippen molar-refractivity contribution >= 4 is 11.6 Å². The minimum atomic E-state index is 0.539. The van der Waals surface area contributed by atoms with Crippen LogP contribution < -0.4 is 10.6 Å². The molecule has 82 valence electrons. The fourth-order valence-electron chi connectivity index (χ4n) is 1.94. The molecule has 3 heteroatoms. The largest absolute Gasteiger partial charge is 0.369 e. The maximum Gasteiger partial charge on any atom is 0.131 e. The Morgan fingerprint density at radius 2 is 2.20 bits per heavy atom. The molecule has 2 N–H and O–H groups in total. The van der Waals surface area contributed by atoms with Crippen LogP contribution in [0.15, 0.2) is 12.1 Å². The predicted molar refractivity (Wildman–Crippen MR) is 64.4 cm³/mol. The van der Waals surface area contributed by atoms with Crippen molar-refractivity contribution < 1.29 is 0 Å². The van der Waals surface area contributed by atoms with E-state index in [-0.39, 0.29) is 0 Å². The third kappa shape index (κ3) is 2.22. The van der Waals surface area contributed by atoms with E-state index in [9.17, 15) is 0 Å². The third-order valence-corrected chi connectivity index (χ3v) is 3.00. The predicted octanol–water partition coefficient (Wildman–Crippen LogP) is 2.65. The van der Waals surface area contributed by atoms with Crippen molar-refractivity contribution in [3.8, 4) is 0 Å². The molecule has 0 atom stereocenters. The van der Waals surface area contributed by atoms with E-state index in [1.54, 1.807) is 0 Å². The highest BCUT2D eigenvalue weighted by Crippen LogP contribution is 2.22. The van der Waals surface area contributed by atoms with Gasteiger partial charge in [-0.15, -0.1) is 0 Å². The van der Waals surface area contributed by atoms with Crippen LogP contribution in [0.1, 0.15) is 32.3 Å². The van der Waals surface area contributed by atoms with Crippen molar-refractivity contribution in [2.24, 2.45) is 0 Å². The topological polar surface area (TPSA) is 37.0 Å². The monoisotopic (exact) mass is 205 g/mol. The molecule has 0 aromatic carbocycles. The Kier molecular flexibility index (Phi) is 3.09. The molecule has 3 nitrogen and oxygen atoms in total. The average molecular weight is 205 g/mol. The summed E-state index contributed by atoms with van der Waals surface area (Å²) >= 11 is 0. The van der Waals surface area contributed by atoms with Crippen LogP contribution >= 0.6 is 0 Å². The number of pyridine rings is 1. The quantitative estimate of drug-likeness (QED) is 0.793. The minimum absolute atomic E-state index is 0.539. The van der Waals surface area contributed by atoms with E-state index in [1.165, 1.54) is 5.56 Å². The molecule has 15 heavy (non-hydrogen) atoms. The van der Waals surface area contributed by atoms with Gasteiger partial charge in [0.15, 0.2) is 0 Å². The molecule has 0 aliphatic carbocycles. The molecule has 0 saturated heterocycles. The zero-order valence-electron chi connectivity index (χ0n) is 9.51. The Morgan fingerprint density at radius 3 is 2.93 bits per heavy atom. The Bertz CT molecular complexity index is 332. The second-order valence-electron chi connectivity index (χ2n) is 4.04. The lowest BCUT2D eigenvalue weighted by Gasteiger charge is -2.15. The molecule has 0 fully saturated rings. The van der Waals surface area contributed by atoms with Gasteiger partial charge in [-0.2, -0.15) is 0 Å². The van der Waals surface area contributed by atoms with E-state index in [2.05, 4.69) is 41.6 Å². The number of nitrogens with zero attached hydrogens (tertiary/aromatic N) is 1. The normalized spacial score (nSPS) is 13.8. The Morgan fingerprint density at radius 1 is 1.40 bits per heavy atom. The van der Waals surface area contributed by atoms with E-state index in [1.807, 2.05) is 0 Å². The summed E-state index contributed by atoms with van der Waals surface area (Å²) in [6.07, 6.45) is 3.39. The molecule has 0 unspecified atom stereocenters. The number of fused-ring (bicyclic) bond motifs is 1. The summed E-state index contributed by atoms with van der Waals surface area (Å²) in [5, 5.41) is 6.76. The first-order valence-corrected chi connectivity index (χ1v) is 5.83. The lowest BCUT2D eigenvalue weighted by Crippen LogP contribution is -2.17. The van der Waals surface area contributed by atoms with Gasteiger partial charge >= 0.3 is 0 Å². The van der Waals surface area contributed by atoms with Crippen molar-refractivity contribution in [1.29, 1.82) is 0 Å². The zero-order chi connectivity index (χ0) is 10.7. The first-order chi connectivity index (χ1) is 7.33. The van der Waals surface area contributed by atoms with E-state index in [4.69, 9.17) is 0 Å².